The van der Waals surface area contributed by atoms with Crippen LogP contribution in [0.15, 0.2) is 24.3 Å². The van der Waals surface area contributed by atoms with Gasteiger partial charge in [0.25, 0.3) is 0 Å². The molecule has 3 aliphatic rings. The van der Waals surface area contributed by atoms with E-state index in [4.69, 9.17) is 4.74 Å². The molecule has 158 valence electrons. The second-order valence-corrected chi connectivity index (χ2v) is 8.97. The molecule has 1 N–H and O–H groups in total. The Morgan fingerprint density at radius 2 is 1.76 bits per heavy atom. The van der Waals surface area contributed by atoms with Crippen molar-refractivity contribution in [3.63, 3.8) is 0 Å². The first-order chi connectivity index (χ1) is 14.2. The number of ether oxygens (including phenoxy) is 1. The Bertz CT molecular complexity index is 726. The van der Waals surface area contributed by atoms with Gasteiger partial charge in [0.15, 0.2) is 0 Å². The van der Waals surface area contributed by atoms with Gasteiger partial charge in [-0.05, 0) is 56.2 Å². The summed E-state index contributed by atoms with van der Waals surface area (Å²) in [5.74, 6) is 1.16. The average Bonchev–Trinajstić information content (AvgIpc) is 3.57. The normalized spacial score (nSPS) is 27.2. The lowest BCUT2D eigenvalue weighted by molar-refractivity contribution is -0.141. The number of fused-ring (bicyclic) bond motifs is 1. The van der Waals surface area contributed by atoms with Gasteiger partial charge in [-0.1, -0.05) is 37.8 Å². The van der Waals surface area contributed by atoms with Crippen molar-refractivity contribution >= 4 is 11.8 Å². The largest absolute Gasteiger partial charge is 0.497 e. The average molecular weight is 399 g/mol. The number of amides is 2. The first-order valence-electron chi connectivity index (χ1n) is 11.4. The molecular formula is C24H34N2O3. The van der Waals surface area contributed by atoms with Crippen molar-refractivity contribution in [3.05, 3.63) is 29.8 Å². The Morgan fingerprint density at radius 3 is 2.48 bits per heavy atom. The molecule has 0 spiro atoms. The van der Waals surface area contributed by atoms with Crippen molar-refractivity contribution in [2.45, 2.75) is 75.7 Å². The second-order valence-electron chi connectivity index (χ2n) is 8.97. The standard InChI is InChI=1S/C24H34N2O3/c1-29-19-12-10-18(11-13-19)24(14-15-24)23(28)26-17-7-3-2-6-16-25-22(27)20-8-4-5-9-21(20)26/h10-13,20-21H,2-9,14-17H2,1H3,(H,25,27)/t20-,21+/m1/s1. The zero-order chi connectivity index (χ0) is 20.3. The van der Waals surface area contributed by atoms with E-state index in [0.717, 1.165) is 88.6 Å². The maximum Gasteiger partial charge on any atom is 0.233 e. The third kappa shape index (κ3) is 4.15. The molecule has 29 heavy (non-hydrogen) atoms. The number of nitrogens with one attached hydrogen (secondary N) is 1. The summed E-state index contributed by atoms with van der Waals surface area (Å²) in [6.45, 7) is 1.55. The fourth-order valence-electron chi connectivity index (χ4n) is 5.25. The lowest BCUT2D eigenvalue weighted by Crippen LogP contribution is -2.53. The molecule has 1 heterocycles. The van der Waals surface area contributed by atoms with E-state index in [-0.39, 0.29) is 23.8 Å². The Labute approximate surface area is 174 Å². The number of carbonyl (C=O) groups is 2. The van der Waals surface area contributed by atoms with Crippen molar-refractivity contribution in [3.8, 4) is 5.75 Å². The topological polar surface area (TPSA) is 58.6 Å². The summed E-state index contributed by atoms with van der Waals surface area (Å²) in [7, 11) is 1.66. The summed E-state index contributed by atoms with van der Waals surface area (Å²) in [6.07, 6.45) is 10.1. The molecule has 0 unspecified atom stereocenters. The maximum absolute atomic E-state index is 13.9. The van der Waals surface area contributed by atoms with Crippen LogP contribution in [-0.2, 0) is 15.0 Å². The van der Waals surface area contributed by atoms with E-state index in [1.165, 1.54) is 0 Å². The van der Waals surface area contributed by atoms with E-state index in [1.807, 2.05) is 24.3 Å². The zero-order valence-corrected chi connectivity index (χ0v) is 17.6. The van der Waals surface area contributed by atoms with Crippen molar-refractivity contribution in [1.82, 2.24) is 10.2 Å². The molecule has 2 atom stereocenters. The zero-order valence-electron chi connectivity index (χ0n) is 17.6. The van der Waals surface area contributed by atoms with Gasteiger partial charge in [-0.3, -0.25) is 9.59 Å². The van der Waals surface area contributed by atoms with Crippen LogP contribution in [0.5, 0.6) is 5.75 Å². The summed E-state index contributed by atoms with van der Waals surface area (Å²) < 4.78 is 5.29. The molecule has 1 aliphatic heterocycles. The molecule has 1 aromatic rings. The lowest BCUT2D eigenvalue weighted by Gasteiger charge is -2.41. The number of carbonyl (C=O) groups excluding carboxylic acids is 2. The summed E-state index contributed by atoms with van der Waals surface area (Å²) in [5, 5.41) is 3.15. The Kier molecular flexibility index (Phi) is 6.12. The molecule has 0 aromatic heterocycles. The van der Waals surface area contributed by atoms with E-state index in [1.54, 1.807) is 7.11 Å². The molecule has 3 fully saturated rings. The van der Waals surface area contributed by atoms with Gasteiger partial charge in [0.2, 0.25) is 11.8 Å². The molecule has 1 aromatic carbocycles. The summed E-state index contributed by atoms with van der Waals surface area (Å²) in [6, 6.07) is 8.03. The van der Waals surface area contributed by atoms with Gasteiger partial charge >= 0.3 is 0 Å². The third-order valence-corrected chi connectivity index (χ3v) is 7.15. The van der Waals surface area contributed by atoms with E-state index in [0.29, 0.717) is 0 Å². The first-order valence-corrected chi connectivity index (χ1v) is 11.4. The number of rotatable bonds is 3. The SMILES string of the molecule is COc1ccc(C2(C(=O)N3CCCCCCNC(=O)[C@@H]4CCCC[C@@H]43)CC2)cc1. The van der Waals surface area contributed by atoms with Crippen LogP contribution in [0.2, 0.25) is 0 Å². The number of hydrogen-bond donors (Lipinski definition) is 1. The van der Waals surface area contributed by atoms with Crippen molar-refractivity contribution in [2.24, 2.45) is 5.92 Å². The van der Waals surface area contributed by atoms with E-state index < -0.39 is 5.41 Å². The highest BCUT2D eigenvalue weighted by atomic mass is 16.5. The van der Waals surface area contributed by atoms with E-state index in [2.05, 4.69) is 10.2 Å². The predicted molar refractivity (Wildman–Crippen MR) is 113 cm³/mol. The quantitative estimate of drug-likeness (QED) is 0.842. The smallest absolute Gasteiger partial charge is 0.233 e. The van der Waals surface area contributed by atoms with Gasteiger partial charge in [0.05, 0.1) is 18.4 Å². The van der Waals surface area contributed by atoms with Crippen LogP contribution in [0.3, 0.4) is 0 Å². The van der Waals surface area contributed by atoms with Crippen LogP contribution in [0.4, 0.5) is 0 Å². The van der Waals surface area contributed by atoms with Gasteiger partial charge in [0.1, 0.15) is 5.75 Å². The van der Waals surface area contributed by atoms with Gasteiger partial charge < -0.3 is 15.0 Å². The maximum atomic E-state index is 13.9. The monoisotopic (exact) mass is 398 g/mol. The molecule has 2 aliphatic carbocycles. The summed E-state index contributed by atoms with van der Waals surface area (Å²) in [5.41, 5.74) is 0.694. The number of methoxy groups -OCH3 is 1. The third-order valence-electron chi connectivity index (χ3n) is 7.15. The highest BCUT2D eigenvalue weighted by molar-refractivity contribution is 5.92. The molecule has 2 amide bonds. The number of hydrogen-bond acceptors (Lipinski definition) is 3. The van der Waals surface area contributed by atoms with Crippen LogP contribution in [0.25, 0.3) is 0 Å². The van der Waals surface area contributed by atoms with Crippen LogP contribution in [-0.4, -0.2) is 43.0 Å². The minimum atomic E-state index is -0.398. The minimum absolute atomic E-state index is 0.0464. The molecule has 2 saturated carbocycles. The van der Waals surface area contributed by atoms with Crippen LogP contribution in [0, 0.1) is 5.92 Å². The first kappa shape index (κ1) is 20.2. The van der Waals surface area contributed by atoms with Crippen molar-refractivity contribution in [1.29, 1.82) is 0 Å². The number of benzene rings is 1. The van der Waals surface area contributed by atoms with Gasteiger partial charge in [-0.15, -0.1) is 0 Å². The van der Waals surface area contributed by atoms with Crippen molar-refractivity contribution in [2.75, 3.05) is 20.2 Å². The van der Waals surface area contributed by atoms with Crippen LogP contribution >= 0.6 is 0 Å². The van der Waals surface area contributed by atoms with Crippen LogP contribution in [0.1, 0.15) is 69.8 Å². The highest BCUT2D eigenvalue weighted by Gasteiger charge is 2.54. The molecule has 1 saturated heterocycles. The summed E-state index contributed by atoms with van der Waals surface area (Å²) in [4.78, 5) is 28.9. The second kappa shape index (κ2) is 8.76. The van der Waals surface area contributed by atoms with Gasteiger partial charge in [0, 0.05) is 19.1 Å². The Hall–Kier alpha value is -2.04. The summed E-state index contributed by atoms with van der Waals surface area (Å²) >= 11 is 0. The highest BCUT2D eigenvalue weighted by Crippen LogP contribution is 2.51. The lowest BCUT2D eigenvalue weighted by atomic mass is 9.81. The van der Waals surface area contributed by atoms with Gasteiger partial charge in [-0.25, -0.2) is 0 Å². The minimum Gasteiger partial charge on any atom is -0.497 e. The number of nitrogens with zero attached hydrogens (tertiary/aromatic N) is 1. The molecule has 5 heteroatoms. The van der Waals surface area contributed by atoms with Crippen LogP contribution < -0.4 is 10.1 Å². The molecule has 0 radical (unpaired) electrons. The van der Waals surface area contributed by atoms with Gasteiger partial charge in [-0.2, -0.15) is 0 Å². The fraction of sp³-hybridized carbons (Fsp3) is 0.667. The molecule has 5 nitrogen and oxygen atoms in total. The fourth-order valence-corrected chi connectivity index (χ4v) is 5.25. The Morgan fingerprint density at radius 1 is 1.03 bits per heavy atom. The molecule has 4 rings (SSSR count). The van der Waals surface area contributed by atoms with E-state index >= 15 is 0 Å². The Balaban J connectivity index is 1.61. The molecular weight excluding hydrogens is 364 g/mol. The van der Waals surface area contributed by atoms with Crippen molar-refractivity contribution < 1.29 is 14.3 Å². The predicted octanol–water partition coefficient (Wildman–Crippen LogP) is 3.80. The van der Waals surface area contributed by atoms with E-state index in [9.17, 15) is 9.59 Å². The molecule has 0 bridgehead atoms.